The maximum atomic E-state index is 11.5. The lowest BCUT2D eigenvalue weighted by atomic mass is 9.88. The summed E-state index contributed by atoms with van der Waals surface area (Å²) < 4.78 is 5.10. The molecular formula is C24H20N2O4. The summed E-state index contributed by atoms with van der Waals surface area (Å²) in [6, 6.07) is 23.1. The number of benzene rings is 2. The number of nitrogens with one attached hydrogen (secondary N) is 1. The molecular weight excluding hydrogens is 380 g/mol. The second-order valence-corrected chi connectivity index (χ2v) is 6.26. The minimum Gasteiger partial charge on any atom is -0.479 e. The standard InChI is InChI=1S/C12H11NO2.C12H9NO2/c14-11(15)12(8-4-5-9-13-12)10-6-2-1-3-7-10;14-12(11-8-4-5-9-13-11)15-10-6-2-1-3-7-10/h1-9,13H,(H,14,15);1-9H. The Kier molecular flexibility index (Phi) is 6.74. The minimum absolute atomic E-state index is 0.307. The molecule has 1 aliphatic heterocycles. The first-order valence-electron chi connectivity index (χ1n) is 9.21. The molecule has 0 radical (unpaired) electrons. The summed E-state index contributed by atoms with van der Waals surface area (Å²) in [4.78, 5) is 26.8. The SMILES string of the molecule is O=C(O)C1(c2ccccc2)C=CC=CN1.O=C(Oc1ccccc1)c1ccccn1. The average Bonchev–Trinajstić information content (AvgIpc) is 2.82. The Bertz CT molecular complexity index is 1030. The zero-order chi connectivity index (χ0) is 21.2. The molecule has 150 valence electrons. The number of aromatic nitrogens is 1. The molecule has 0 amide bonds. The summed E-state index contributed by atoms with van der Waals surface area (Å²) >= 11 is 0. The van der Waals surface area contributed by atoms with Gasteiger partial charge in [0.25, 0.3) is 0 Å². The average molecular weight is 400 g/mol. The van der Waals surface area contributed by atoms with Crippen LogP contribution in [-0.2, 0) is 10.3 Å². The molecule has 0 aliphatic carbocycles. The van der Waals surface area contributed by atoms with Gasteiger partial charge in [0.15, 0.2) is 5.54 Å². The van der Waals surface area contributed by atoms with Gasteiger partial charge in [-0.25, -0.2) is 14.6 Å². The van der Waals surface area contributed by atoms with Gasteiger partial charge in [-0.2, -0.15) is 0 Å². The van der Waals surface area contributed by atoms with Gasteiger partial charge >= 0.3 is 11.9 Å². The number of nitrogens with zero attached hydrogens (tertiary/aromatic N) is 1. The maximum absolute atomic E-state index is 11.5. The number of pyridine rings is 1. The van der Waals surface area contributed by atoms with Crippen molar-refractivity contribution in [3.8, 4) is 5.75 Å². The number of carboxylic acids is 1. The van der Waals surface area contributed by atoms with Crippen molar-refractivity contribution in [1.82, 2.24) is 10.3 Å². The van der Waals surface area contributed by atoms with Crippen molar-refractivity contribution in [3.05, 3.63) is 121 Å². The molecule has 0 saturated carbocycles. The van der Waals surface area contributed by atoms with Crippen LogP contribution in [0.2, 0.25) is 0 Å². The van der Waals surface area contributed by atoms with E-state index in [1.807, 2.05) is 24.3 Å². The zero-order valence-corrected chi connectivity index (χ0v) is 16.0. The lowest BCUT2D eigenvalue weighted by Crippen LogP contribution is -2.46. The fourth-order valence-electron chi connectivity index (χ4n) is 2.75. The quantitative estimate of drug-likeness (QED) is 0.509. The predicted molar refractivity (Wildman–Crippen MR) is 113 cm³/mol. The van der Waals surface area contributed by atoms with Crippen LogP contribution in [0, 0.1) is 0 Å². The normalized spacial score (nSPS) is 16.5. The van der Waals surface area contributed by atoms with Crippen molar-refractivity contribution < 1.29 is 19.4 Å². The van der Waals surface area contributed by atoms with Crippen molar-refractivity contribution in [2.24, 2.45) is 0 Å². The smallest absolute Gasteiger partial charge is 0.362 e. The number of ether oxygens (including phenoxy) is 1. The van der Waals surface area contributed by atoms with Crippen molar-refractivity contribution >= 4 is 11.9 Å². The lowest BCUT2D eigenvalue weighted by Gasteiger charge is -2.28. The van der Waals surface area contributed by atoms with E-state index in [0.29, 0.717) is 11.4 Å². The Morgan fingerprint density at radius 3 is 2.10 bits per heavy atom. The molecule has 0 spiro atoms. The highest BCUT2D eigenvalue weighted by molar-refractivity contribution is 5.88. The Hall–Kier alpha value is -4.19. The van der Waals surface area contributed by atoms with Gasteiger partial charge in [-0.15, -0.1) is 0 Å². The molecule has 3 aromatic rings. The third-order valence-corrected chi connectivity index (χ3v) is 4.26. The van der Waals surface area contributed by atoms with Crippen molar-refractivity contribution in [2.45, 2.75) is 5.54 Å². The Balaban J connectivity index is 0.000000171. The molecule has 2 aromatic carbocycles. The van der Waals surface area contributed by atoms with E-state index in [0.717, 1.165) is 5.56 Å². The number of esters is 1. The van der Waals surface area contributed by atoms with Gasteiger partial charge in [0, 0.05) is 6.20 Å². The van der Waals surface area contributed by atoms with Gasteiger partial charge in [-0.3, -0.25) is 0 Å². The third-order valence-electron chi connectivity index (χ3n) is 4.26. The number of carbonyl (C=O) groups is 2. The first-order chi connectivity index (χ1) is 14.6. The highest BCUT2D eigenvalue weighted by Gasteiger charge is 2.37. The number of aliphatic carboxylic acids is 1. The van der Waals surface area contributed by atoms with Gasteiger partial charge < -0.3 is 15.2 Å². The summed E-state index contributed by atoms with van der Waals surface area (Å²) in [6.45, 7) is 0. The molecule has 0 fully saturated rings. The largest absolute Gasteiger partial charge is 0.479 e. The Labute approximate surface area is 174 Å². The van der Waals surface area contributed by atoms with Crippen molar-refractivity contribution in [2.75, 3.05) is 0 Å². The predicted octanol–water partition coefficient (Wildman–Crippen LogP) is 3.94. The van der Waals surface area contributed by atoms with Crippen LogP contribution in [0.1, 0.15) is 16.1 Å². The van der Waals surface area contributed by atoms with Gasteiger partial charge in [-0.1, -0.05) is 60.7 Å². The number of hydrogen-bond acceptors (Lipinski definition) is 5. The molecule has 0 saturated heterocycles. The van der Waals surface area contributed by atoms with Crippen LogP contribution in [0.25, 0.3) is 0 Å². The second-order valence-electron chi connectivity index (χ2n) is 6.26. The first-order valence-corrected chi connectivity index (χ1v) is 9.21. The van der Waals surface area contributed by atoms with Crippen molar-refractivity contribution in [3.63, 3.8) is 0 Å². The van der Waals surface area contributed by atoms with E-state index in [4.69, 9.17) is 4.74 Å². The van der Waals surface area contributed by atoms with Crippen LogP contribution in [0.5, 0.6) is 5.75 Å². The fraction of sp³-hybridized carbons (Fsp3) is 0.0417. The van der Waals surface area contributed by atoms with Crippen LogP contribution in [-0.4, -0.2) is 22.0 Å². The van der Waals surface area contributed by atoms with Crippen LogP contribution in [0.3, 0.4) is 0 Å². The Morgan fingerprint density at radius 2 is 1.53 bits per heavy atom. The van der Waals surface area contributed by atoms with Crippen molar-refractivity contribution in [1.29, 1.82) is 0 Å². The number of allylic oxidation sites excluding steroid dienone is 2. The Morgan fingerprint density at radius 1 is 0.867 bits per heavy atom. The monoisotopic (exact) mass is 400 g/mol. The number of carbonyl (C=O) groups excluding carboxylic acids is 1. The number of para-hydroxylation sites is 1. The number of hydrogen-bond donors (Lipinski definition) is 2. The van der Waals surface area contributed by atoms with Gasteiger partial charge in [0.05, 0.1) is 0 Å². The molecule has 1 unspecified atom stereocenters. The van der Waals surface area contributed by atoms with E-state index in [1.165, 1.54) is 0 Å². The molecule has 1 atom stereocenters. The molecule has 6 heteroatoms. The molecule has 4 rings (SSSR count). The highest BCUT2D eigenvalue weighted by atomic mass is 16.5. The number of dihydropyridines is 1. The molecule has 1 aromatic heterocycles. The topological polar surface area (TPSA) is 88.5 Å². The third kappa shape index (κ3) is 4.99. The summed E-state index contributed by atoms with van der Waals surface area (Å²) in [5.41, 5.74) is -0.102. The maximum Gasteiger partial charge on any atom is 0.362 e. The van der Waals surface area contributed by atoms with Crippen LogP contribution in [0.4, 0.5) is 0 Å². The van der Waals surface area contributed by atoms with Gasteiger partial charge in [-0.05, 0) is 48.2 Å². The first kappa shape index (κ1) is 20.5. The van der Waals surface area contributed by atoms with Crippen LogP contribution >= 0.6 is 0 Å². The number of carboxylic acid groups (broad SMARTS) is 1. The van der Waals surface area contributed by atoms with E-state index in [-0.39, 0.29) is 0 Å². The molecule has 1 aliphatic rings. The van der Waals surface area contributed by atoms with Crippen LogP contribution in [0.15, 0.2) is 109 Å². The number of rotatable bonds is 4. The summed E-state index contributed by atoms with van der Waals surface area (Å²) in [6.07, 6.45) is 8.34. The van der Waals surface area contributed by atoms with E-state index >= 15 is 0 Å². The summed E-state index contributed by atoms with van der Waals surface area (Å²) in [5.74, 6) is -0.829. The molecule has 30 heavy (non-hydrogen) atoms. The van der Waals surface area contributed by atoms with Gasteiger partial charge in [0.2, 0.25) is 0 Å². The van der Waals surface area contributed by atoms with E-state index in [2.05, 4.69) is 10.3 Å². The van der Waals surface area contributed by atoms with Gasteiger partial charge in [0.1, 0.15) is 11.4 Å². The molecule has 6 nitrogen and oxygen atoms in total. The van der Waals surface area contributed by atoms with E-state index in [9.17, 15) is 14.7 Å². The second kappa shape index (κ2) is 9.84. The molecule has 0 bridgehead atoms. The zero-order valence-electron chi connectivity index (χ0n) is 16.0. The van der Waals surface area contributed by atoms with Crippen LogP contribution < -0.4 is 10.1 Å². The summed E-state index contributed by atoms with van der Waals surface area (Å²) in [5, 5.41) is 12.2. The van der Waals surface area contributed by atoms with E-state index in [1.54, 1.807) is 85.2 Å². The minimum atomic E-state index is -1.13. The summed E-state index contributed by atoms with van der Waals surface area (Å²) in [7, 11) is 0. The molecule has 2 N–H and O–H groups in total. The highest BCUT2D eigenvalue weighted by Crippen LogP contribution is 2.25. The molecule has 2 heterocycles. The fourth-order valence-corrected chi connectivity index (χ4v) is 2.75. The van der Waals surface area contributed by atoms with E-state index < -0.39 is 17.5 Å². The lowest BCUT2D eigenvalue weighted by molar-refractivity contribution is -0.142.